The fraction of sp³-hybridized carbons (Fsp3) is 0.333. The molecule has 3 rings (SSSR count). The number of rotatable bonds is 7. The van der Waals surface area contributed by atoms with Crippen molar-refractivity contribution < 1.29 is 9.53 Å². The number of aryl methyl sites for hydroxylation is 1. The van der Waals surface area contributed by atoms with E-state index in [4.69, 9.17) is 4.74 Å². The summed E-state index contributed by atoms with van der Waals surface area (Å²) < 4.78 is 5.38. The van der Waals surface area contributed by atoms with Crippen molar-refractivity contribution in [3.05, 3.63) is 65.2 Å². The van der Waals surface area contributed by atoms with E-state index in [2.05, 4.69) is 17.1 Å². The average molecular weight is 389 g/mol. The van der Waals surface area contributed by atoms with Gasteiger partial charge in [-0.25, -0.2) is 0 Å². The van der Waals surface area contributed by atoms with E-state index >= 15 is 0 Å². The molecule has 0 radical (unpaired) electrons. The third kappa shape index (κ3) is 5.94. The second kappa shape index (κ2) is 10.4. The highest BCUT2D eigenvalue weighted by atomic mass is 16.5. The molecule has 5 nitrogen and oxygen atoms in total. The van der Waals surface area contributed by atoms with Gasteiger partial charge in [-0.3, -0.25) is 4.79 Å². The number of unbranched alkanes of at least 4 members (excludes halogenated alkanes) is 1. The summed E-state index contributed by atoms with van der Waals surface area (Å²) in [4.78, 5) is 14.8. The zero-order valence-corrected chi connectivity index (χ0v) is 16.9. The fourth-order valence-electron chi connectivity index (χ4n) is 3.25. The molecule has 29 heavy (non-hydrogen) atoms. The highest BCUT2D eigenvalue weighted by molar-refractivity contribution is 6.09. The molecule has 0 spiro atoms. The maximum Gasteiger partial charge on any atom is 0.266 e. The van der Waals surface area contributed by atoms with Gasteiger partial charge in [0.25, 0.3) is 5.91 Å². The Hall–Kier alpha value is -3.10. The van der Waals surface area contributed by atoms with E-state index in [0.29, 0.717) is 5.69 Å². The number of amides is 1. The predicted molar refractivity (Wildman–Crippen MR) is 117 cm³/mol. The summed E-state index contributed by atoms with van der Waals surface area (Å²) in [6.45, 7) is 5.39. The molecule has 0 atom stereocenters. The van der Waals surface area contributed by atoms with Crippen LogP contribution in [-0.2, 0) is 16.0 Å². The molecule has 0 saturated carbocycles. The van der Waals surface area contributed by atoms with E-state index in [1.54, 1.807) is 6.08 Å². The summed E-state index contributed by atoms with van der Waals surface area (Å²) in [7, 11) is 0. The van der Waals surface area contributed by atoms with Crippen LogP contribution in [-0.4, -0.2) is 32.2 Å². The van der Waals surface area contributed by atoms with E-state index in [-0.39, 0.29) is 5.57 Å². The lowest BCUT2D eigenvalue weighted by atomic mass is 10.1. The lowest BCUT2D eigenvalue weighted by molar-refractivity contribution is -0.112. The molecule has 1 fully saturated rings. The van der Waals surface area contributed by atoms with Crippen LogP contribution in [0.5, 0.6) is 0 Å². The van der Waals surface area contributed by atoms with Crippen LogP contribution in [0.3, 0.4) is 0 Å². The van der Waals surface area contributed by atoms with Gasteiger partial charge < -0.3 is 15.0 Å². The van der Waals surface area contributed by atoms with Gasteiger partial charge in [-0.1, -0.05) is 37.6 Å². The summed E-state index contributed by atoms with van der Waals surface area (Å²) in [6, 6.07) is 17.7. The number of carbonyl (C=O) groups is 1. The molecule has 0 aliphatic carbocycles. The van der Waals surface area contributed by atoms with E-state index in [1.165, 1.54) is 5.56 Å². The van der Waals surface area contributed by atoms with Gasteiger partial charge in [0.2, 0.25) is 0 Å². The molecule has 0 unspecified atom stereocenters. The number of hydrogen-bond acceptors (Lipinski definition) is 4. The maximum absolute atomic E-state index is 12.5. The Balaban J connectivity index is 1.64. The highest BCUT2D eigenvalue weighted by Crippen LogP contribution is 2.19. The van der Waals surface area contributed by atoms with Crippen LogP contribution in [0.1, 0.15) is 30.9 Å². The second-order valence-corrected chi connectivity index (χ2v) is 7.12. The topological polar surface area (TPSA) is 65.4 Å². The Morgan fingerprint density at radius 2 is 1.83 bits per heavy atom. The predicted octanol–water partition coefficient (Wildman–Crippen LogP) is 4.41. The van der Waals surface area contributed by atoms with Crippen LogP contribution < -0.4 is 10.2 Å². The Bertz CT molecular complexity index is 874. The number of nitrogens with one attached hydrogen (secondary N) is 1. The van der Waals surface area contributed by atoms with Gasteiger partial charge in [-0.05, 0) is 54.3 Å². The van der Waals surface area contributed by atoms with E-state index in [1.807, 2.05) is 54.6 Å². The summed E-state index contributed by atoms with van der Waals surface area (Å²) in [5, 5.41) is 12.2. The van der Waals surface area contributed by atoms with Gasteiger partial charge in [0.15, 0.2) is 0 Å². The maximum atomic E-state index is 12.5. The van der Waals surface area contributed by atoms with Crippen molar-refractivity contribution >= 4 is 23.4 Å². The van der Waals surface area contributed by atoms with E-state index in [9.17, 15) is 10.1 Å². The SMILES string of the molecule is CCCCc1ccc(NC(=O)/C(C#N)=C\c2ccc(N3CCOCC3)cc2)cc1. The molecule has 5 heteroatoms. The lowest BCUT2D eigenvalue weighted by Crippen LogP contribution is -2.36. The largest absolute Gasteiger partial charge is 0.378 e. The van der Waals surface area contributed by atoms with E-state index in [0.717, 1.165) is 56.8 Å². The minimum absolute atomic E-state index is 0.0826. The molecular weight excluding hydrogens is 362 g/mol. The number of nitrogens with zero attached hydrogens (tertiary/aromatic N) is 2. The van der Waals surface area contributed by atoms with Crippen molar-refractivity contribution in [3.8, 4) is 6.07 Å². The first-order chi connectivity index (χ1) is 14.2. The molecule has 2 aromatic rings. The molecule has 1 aliphatic rings. The van der Waals surface area contributed by atoms with Crippen LogP contribution in [0.15, 0.2) is 54.1 Å². The van der Waals surface area contributed by atoms with Crippen molar-refractivity contribution in [2.24, 2.45) is 0 Å². The number of carbonyl (C=O) groups excluding carboxylic acids is 1. The number of ether oxygens (including phenoxy) is 1. The van der Waals surface area contributed by atoms with Crippen molar-refractivity contribution in [3.63, 3.8) is 0 Å². The third-order valence-electron chi connectivity index (χ3n) is 4.98. The molecule has 2 aromatic carbocycles. The molecule has 1 saturated heterocycles. The number of hydrogen-bond donors (Lipinski definition) is 1. The van der Waals surface area contributed by atoms with Crippen LogP contribution in [0.4, 0.5) is 11.4 Å². The summed E-state index contributed by atoms with van der Waals surface area (Å²) in [5.41, 5.74) is 3.97. The molecule has 0 bridgehead atoms. The summed E-state index contributed by atoms with van der Waals surface area (Å²) >= 11 is 0. The molecule has 1 aliphatic heterocycles. The van der Waals surface area contributed by atoms with Crippen LogP contribution in [0.25, 0.3) is 6.08 Å². The zero-order chi connectivity index (χ0) is 20.5. The minimum atomic E-state index is -0.397. The molecule has 1 N–H and O–H groups in total. The zero-order valence-electron chi connectivity index (χ0n) is 16.9. The summed E-state index contributed by atoms with van der Waals surface area (Å²) in [6.07, 6.45) is 4.96. The van der Waals surface area contributed by atoms with Crippen LogP contribution in [0, 0.1) is 11.3 Å². The highest BCUT2D eigenvalue weighted by Gasteiger charge is 2.12. The third-order valence-corrected chi connectivity index (χ3v) is 4.98. The second-order valence-electron chi connectivity index (χ2n) is 7.12. The Kier molecular flexibility index (Phi) is 7.43. The van der Waals surface area contributed by atoms with Gasteiger partial charge in [0.1, 0.15) is 11.6 Å². The van der Waals surface area contributed by atoms with Gasteiger partial charge in [-0.2, -0.15) is 5.26 Å². The Labute approximate surface area is 172 Å². The van der Waals surface area contributed by atoms with Gasteiger partial charge >= 0.3 is 0 Å². The quantitative estimate of drug-likeness (QED) is 0.563. The van der Waals surface area contributed by atoms with Crippen LogP contribution in [0.2, 0.25) is 0 Å². The standard InChI is InChI=1S/C24H27N3O2/c1-2-3-4-19-5-9-22(10-6-19)26-24(28)21(18-25)17-20-7-11-23(12-8-20)27-13-15-29-16-14-27/h5-12,17H,2-4,13-16H2,1H3,(H,26,28)/b21-17-. The van der Waals surface area contributed by atoms with Crippen molar-refractivity contribution in [1.29, 1.82) is 5.26 Å². The van der Waals surface area contributed by atoms with Crippen molar-refractivity contribution in [2.75, 3.05) is 36.5 Å². The summed E-state index contributed by atoms with van der Waals surface area (Å²) in [5.74, 6) is -0.397. The molecule has 150 valence electrons. The van der Waals surface area contributed by atoms with Gasteiger partial charge in [0, 0.05) is 24.5 Å². The van der Waals surface area contributed by atoms with E-state index < -0.39 is 5.91 Å². The number of benzene rings is 2. The molecule has 1 heterocycles. The number of nitriles is 1. The lowest BCUT2D eigenvalue weighted by Gasteiger charge is -2.28. The first-order valence-corrected chi connectivity index (χ1v) is 10.1. The number of morpholine rings is 1. The molecule has 1 amide bonds. The first kappa shape index (κ1) is 20.6. The average Bonchev–Trinajstić information content (AvgIpc) is 2.78. The fourth-order valence-corrected chi connectivity index (χ4v) is 3.25. The number of anilines is 2. The Morgan fingerprint density at radius 1 is 1.14 bits per heavy atom. The monoisotopic (exact) mass is 389 g/mol. The van der Waals surface area contributed by atoms with Gasteiger partial charge in [-0.15, -0.1) is 0 Å². The first-order valence-electron chi connectivity index (χ1n) is 10.1. The smallest absolute Gasteiger partial charge is 0.266 e. The Morgan fingerprint density at radius 3 is 2.45 bits per heavy atom. The normalized spacial score (nSPS) is 14.3. The van der Waals surface area contributed by atoms with Gasteiger partial charge in [0.05, 0.1) is 13.2 Å². The van der Waals surface area contributed by atoms with Crippen molar-refractivity contribution in [2.45, 2.75) is 26.2 Å². The minimum Gasteiger partial charge on any atom is -0.378 e. The molecule has 0 aromatic heterocycles. The van der Waals surface area contributed by atoms with Crippen LogP contribution >= 0.6 is 0 Å². The molecular formula is C24H27N3O2. The van der Waals surface area contributed by atoms with Crippen molar-refractivity contribution in [1.82, 2.24) is 0 Å².